The van der Waals surface area contributed by atoms with Crippen LogP contribution in [0.4, 0.5) is 0 Å². The van der Waals surface area contributed by atoms with Crippen LogP contribution in [0.15, 0.2) is 16.3 Å². The quantitative estimate of drug-likeness (QED) is 0.863. The lowest BCUT2D eigenvalue weighted by atomic mass is 10.0. The molecule has 0 bridgehead atoms. The van der Waals surface area contributed by atoms with Gasteiger partial charge in [0.15, 0.2) is 0 Å². The first-order valence-electron chi connectivity index (χ1n) is 6.33. The molecule has 1 unspecified atom stereocenters. The van der Waals surface area contributed by atoms with E-state index in [4.69, 9.17) is 18.0 Å². The van der Waals surface area contributed by atoms with Crippen molar-refractivity contribution in [2.24, 2.45) is 11.7 Å². The summed E-state index contributed by atoms with van der Waals surface area (Å²) < 4.78 is 27.0. The highest BCUT2D eigenvalue weighted by molar-refractivity contribution is 7.91. The third kappa shape index (κ3) is 3.16. The summed E-state index contributed by atoms with van der Waals surface area (Å²) in [6.45, 7) is 2.99. The van der Waals surface area contributed by atoms with E-state index >= 15 is 0 Å². The second kappa shape index (κ2) is 5.87. The Morgan fingerprint density at radius 3 is 2.89 bits per heavy atom. The van der Waals surface area contributed by atoms with Crippen LogP contribution in [0.25, 0.3) is 0 Å². The number of rotatable bonds is 4. The fraction of sp³-hybridized carbons (Fsp3) is 0.583. The average molecular weight is 318 g/mol. The van der Waals surface area contributed by atoms with Crippen LogP contribution in [0.3, 0.4) is 0 Å². The zero-order chi connectivity index (χ0) is 14.0. The van der Waals surface area contributed by atoms with Gasteiger partial charge in [0.1, 0.15) is 4.21 Å². The minimum absolute atomic E-state index is 0.00383. The first-order chi connectivity index (χ1) is 8.95. The van der Waals surface area contributed by atoms with E-state index in [0.717, 1.165) is 24.1 Å². The van der Waals surface area contributed by atoms with Crippen molar-refractivity contribution in [1.29, 1.82) is 0 Å². The van der Waals surface area contributed by atoms with Gasteiger partial charge in [-0.25, -0.2) is 8.42 Å². The Morgan fingerprint density at radius 2 is 2.32 bits per heavy atom. The molecular formula is C12H18N2O2S3. The number of hydrogen-bond donors (Lipinski definition) is 1. The summed E-state index contributed by atoms with van der Waals surface area (Å²) in [6.07, 6.45) is 2.55. The maximum absolute atomic E-state index is 12.5. The Morgan fingerprint density at radius 1 is 1.58 bits per heavy atom. The lowest BCUT2D eigenvalue weighted by molar-refractivity contribution is 0.313. The number of piperidine rings is 1. The molecule has 0 saturated carbocycles. The molecular weight excluding hydrogens is 300 g/mol. The van der Waals surface area contributed by atoms with E-state index in [1.165, 1.54) is 15.6 Å². The molecule has 2 rings (SSSR count). The normalized spacial score (nSPS) is 21.4. The summed E-state index contributed by atoms with van der Waals surface area (Å²) in [7, 11) is -3.38. The maximum atomic E-state index is 12.5. The van der Waals surface area contributed by atoms with Crippen LogP contribution >= 0.6 is 23.6 Å². The molecule has 1 aliphatic rings. The molecule has 7 heteroatoms. The van der Waals surface area contributed by atoms with Gasteiger partial charge in [0, 0.05) is 23.9 Å². The van der Waals surface area contributed by atoms with Crippen LogP contribution in [0.1, 0.15) is 24.6 Å². The predicted molar refractivity (Wildman–Crippen MR) is 82.0 cm³/mol. The SMILES string of the molecule is CCc1ccc(S(=O)(=O)N2CCCC(C(N)=S)C2)s1. The molecule has 1 atom stereocenters. The van der Waals surface area contributed by atoms with Crippen molar-refractivity contribution in [2.75, 3.05) is 13.1 Å². The summed E-state index contributed by atoms with van der Waals surface area (Å²) >= 11 is 6.34. The van der Waals surface area contributed by atoms with Gasteiger partial charge in [0.05, 0.1) is 4.99 Å². The van der Waals surface area contributed by atoms with Crippen LogP contribution in [0.2, 0.25) is 0 Å². The van der Waals surface area contributed by atoms with Gasteiger partial charge in [-0.3, -0.25) is 0 Å². The molecule has 1 aromatic rings. The number of thiocarbonyl (C=S) groups is 1. The topological polar surface area (TPSA) is 63.4 Å². The number of aryl methyl sites for hydroxylation is 1. The summed E-state index contributed by atoms with van der Waals surface area (Å²) in [5.41, 5.74) is 5.65. The molecule has 0 radical (unpaired) electrons. The maximum Gasteiger partial charge on any atom is 0.252 e. The molecule has 1 aromatic heterocycles. The van der Waals surface area contributed by atoms with Crippen molar-refractivity contribution in [2.45, 2.75) is 30.4 Å². The minimum atomic E-state index is -3.38. The molecule has 0 aromatic carbocycles. The molecule has 1 aliphatic heterocycles. The molecule has 106 valence electrons. The second-order valence-electron chi connectivity index (χ2n) is 4.68. The van der Waals surface area contributed by atoms with Crippen molar-refractivity contribution < 1.29 is 8.42 Å². The summed E-state index contributed by atoms with van der Waals surface area (Å²) in [6, 6.07) is 3.58. The van der Waals surface area contributed by atoms with E-state index in [1.54, 1.807) is 6.07 Å². The number of thiophene rings is 1. The van der Waals surface area contributed by atoms with E-state index in [0.29, 0.717) is 22.3 Å². The van der Waals surface area contributed by atoms with Crippen LogP contribution in [0, 0.1) is 5.92 Å². The zero-order valence-electron chi connectivity index (χ0n) is 10.8. The van der Waals surface area contributed by atoms with Crippen LogP contribution in [-0.4, -0.2) is 30.8 Å². The Labute approximate surface area is 123 Å². The van der Waals surface area contributed by atoms with Gasteiger partial charge >= 0.3 is 0 Å². The Balaban J connectivity index is 2.21. The van der Waals surface area contributed by atoms with E-state index in [2.05, 4.69) is 0 Å². The van der Waals surface area contributed by atoms with Gasteiger partial charge in [-0.2, -0.15) is 4.31 Å². The highest BCUT2D eigenvalue weighted by Gasteiger charge is 2.32. The van der Waals surface area contributed by atoms with Gasteiger partial charge < -0.3 is 5.73 Å². The van der Waals surface area contributed by atoms with Crippen molar-refractivity contribution in [3.63, 3.8) is 0 Å². The van der Waals surface area contributed by atoms with Gasteiger partial charge in [0.2, 0.25) is 0 Å². The number of nitrogens with two attached hydrogens (primary N) is 1. The monoisotopic (exact) mass is 318 g/mol. The standard InChI is InChI=1S/C12H18N2O2S3/c1-2-10-5-6-11(18-10)19(15,16)14-7-3-4-9(8-14)12(13)17/h5-6,9H,2-4,7-8H2,1H3,(H2,13,17). The molecule has 0 aliphatic carbocycles. The Hall–Kier alpha value is -0.500. The van der Waals surface area contributed by atoms with Crippen molar-refractivity contribution in [1.82, 2.24) is 4.31 Å². The van der Waals surface area contributed by atoms with Gasteiger partial charge in [-0.15, -0.1) is 11.3 Å². The lowest BCUT2D eigenvalue weighted by Gasteiger charge is -2.30. The van der Waals surface area contributed by atoms with E-state index < -0.39 is 10.0 Å². The van der Waals surface area contributed by atoms with E-state index in [1.807, 2.05) is 13.0 Å². The summed E-state index contributed by atoms with van der Waals surface area (Å²) in [4.78, 5) is 1.50. The molecule has 2 heterocycles. The van der Waals surface area contributed by atoms with Crippen molar-refractivity contribution in [3.8, 4) is 0 Å². The number of sulfonamides is 1. The highest BCUT2D eigenvalue weighted by atomic mass is 32.2. The second-order valence-corrected chi connectivity index (χ2v) is 8.48. The number of nitrogens with zero attached hydrogens (tertiary/aromatic N) is 1. The molecule has 0 amide bonds. The van der Waals surface area contributed by atoms with E-state index in [9.17, 15) is 8.42 Å². The predicted octanol–water partition coefficient (Wildman–Crippen LogP) is 2.00. The molecule has 0 spiro atoms. The molecule has 19 heavy (non-hydrogen) atoms. The highest BCUT2D eigenvalue weighted by Crippen LogP contribution is 2.28. The van der Waals surface area contributed by atoms with E-state index in [-0.39, 0.29) is 5.92 Å². The van der Waals surface area contributed by atoms with Crippen LogP contribution in [0.5, 0.6) is 0 Å². The van der Waals surface area contributed by atoms with Crippen molar-refractivity contribution in [3.05, 3.63) is 17.0 Å². The molecule has 1 saturated heterocycles. The zero-order valence-corrected chi connectivity index (χ0v) is 13.3. The first-order valence-corrected chi connectivity index (χ1v) is 8.99. The average Bonchev–Trinajstić information content (AvgIpc) is 2.88. The Kier molecular flexibility index (Phi) is 4.60. The van der Waals surface area contributed by atoms with Crippen molar-refractivity contribution >= 4 is 38.6 Å². The molecule has 2 N–H and O–H groups in total. The van der Waals surface area contributed by atoms with Gasteiger partial charge in [-0.05, 0) is 31.4 Å². The summed E-state index contributed by atoms with van der Waals surface area (Å²) in [5, 5.41) is 0. The third-order valence-electron chi connectivity index (χ3n) is 3.37. The fourth-order valence-corrected chi connectivity index (χ4v) is 5.37. The molecule has 4 nitrogen and oxygen atoms in total. The van der Waals surface area contributed by atoms with Crippen LogP contribution in [-0.2, 0) is 16.4 Å². The smallest absolute Gasteiger partial charge is 0.252 e. The largest absolute Gasteiger partial charge is 0.393 e. The Bertz CT molecular complexity index is 565. The van der Waals surface area contributed by atoms with Crippen LogP contribution < -0.4 is 5.73 Å². The van der Waals surface area contributed by atoms with Gasteiger partial charge in [-0.1, -0.05) is 19.1 Å². The summed E-state index contributed by atoms with van der Waals surface area (Å²) in [5.74, 6) is 0.00383. The first kappa shape index (κ1) is 14.9. The minimum Gasteiger partial charge on any atom is -0.393 e. The number of hydrogen-bond acceptors (Lipinski definition) is 4. The lowest BCUT2D eigenvalue weighted by Crippen LogP contribution is -2.43. The molecule has 1 fully saturated rings. The third-order valence-corrected chi connectivity index (χ3v) is 7.26. The van der Waals surface area contributed by atoms with Gasteiger partial charge in [0.25, 0.3) is 10.0 Å². The fourth-order valence-electron chi connectivity index (χ4n) is 2.21.